The molecule has 0 aliphatic rings. The third-order valence-electron chi connectivity index (χ3n) is 3.72. The summed E-state index contributed by atoms with van der Waals surface area (Å²) in [4.78, 5) is 22.1. The van der Waals surface area contributed by atoms with Crippen LogP contribution in [-0.4, -0.2) is 31.6 Å². The highest BCUT2D eigenvalue weighted by Gasteiger charge is 2.09. The fourth-order valence-electron chi connectivity index (χ4n) is 2.40. The van der Waals surface area contributed by atoms with E-state index in [0.717, 1.165) is 22.6 Å². The highest BCUT2D eigenvalue weighted by molar-refractivity contribution is 5.78. The molecule has 132 valence electrons. The molecule has 7 nitrogen and oxygen atoms in total. The molecule has 0 heterocycles. The van der Waals surface area contributed by atoms with Gasteiger partial charge in [0.05, 0.1) is 25.6 Å². The Labute approximate surface area is 145 Å². The number of ether oxygens (including phenoxy) is 2. The van der Waals surface area contributed by atoms with Crippen molar-refractivity contribution in [1.82, 2.24) is 5.32 Å². The Hall–Kier alpha value is -3.09. The minimum Gasteiger partial charge on any atom is -0.497 e. The van der Waals surface area contributed by atoms with Crippen molar-refractivity contribution in [3.05, 3.63) is 63.7 Å². The van der Waals surface area contributed by atoms with E-state index in [-0.39, 0.29) is 18.0 Å². The molecule has 0 aliphatic heterocycles. The molecule has 0 spiro atoms. The van der Waals surface area contributed by atoms with E-state index in [1.165, 1.54) is 12.1 Å². The SMILES string of the molecule is COc1ccc(OC)c(CCNC(=O)Cc2ccc([N+](=O)[O-])cc2)c1. The zero-order valence-electron chi connectivity index (χ0n) is 14.2. The lowest BCUT2D eigenvalue weighted by atomic mass is 10.1. The van der Waals surface area contributed by atoms with Crippen LogP contribution >= 0.6 is 0 Å². The number of carbonyl (C=O) groups excluding carboxylic acids is 1. The summed E-state index contributed by atoms with van der Waals surface area (Å²) in [6.45, 7) is 0.454. The number of rotatable bonds is 8. The average molecular weight is 344 g/mol. The van der Waals surface area contributed by atoms with Crippen LogP contribution in [0.15, 0.2) is 42.5 Å². The molecular weight excluding hydrogens is 324 g/mol. The lowest BCUT2D eigenvalue weighted by molar-refractivity contribution is -0.384. The molecule has 0 saturated heterocycles. The van der Waals surface area contributed by atoms with Crippen LogP contribution in [0.5, 0.6) is 11.5 Å². The highest BCUT2D eigenvalue weighted by atomic mass is 16.6. The van der Waals surface area contributed by atoms with Crippen LogP contribution in [0.25, 0.3) is 0 Å². The smallest absolute Gasteiger partial charge is 0.269 e. The standard InChI is InChI=1S/C18H20N2O5/c1-24-16-7-8-17(25-2)14(12-16)9-10-19-18(21)11-13-3-5-15(6-4-13)20(22)23/h3-8,12H,9-11H2,1-2H3,(H,19,21). The molecule has 0 saturated carbocycles. The second-order valence-corrected chi connectivity index (χ2v) is 5.38. The molecule has 0 bridgehead atoms. The minimum absolute atomic E-state index is 0.00859. The molecule has 2 rings (SSSR count). The second kappa shape index (κ2) is 8.68. The summed E-state index contributed by atoms with van der Waals surface area (Å²) in [6.07, 6.45) is 0.777. The van der Waals surface area contributed by atoms with E-state index < -0.39 is 4.92 Å². The van der Waals surface area contributed by atoms with Crippen LogP contribution in [-0.2, 0) is 17.6 Å². The number of nitro groups is 1. The molecule has 0 aliphatic carbocycles. The van der Waals surface area contributed by atoms with Crippen molar-refractivity contribution in [2.45, 2.75) is 12.8 Å². The van der Waals surface area contributed by atoms with Gasteiger partial charge in [-0.1, -0.05) is 12.1 Å². The van der Waals surface area contributed by atoms with Gasteiger partial charge in [0, 0.05) is 18.7 Å². The molecule has 0 radical (unpaired) electrons. The quantitative estimate of drug-likeness (QED) is 0.587. The van der Waals surface area contributed by atoms with Crippen LogP contribution in [0.3, 0.4) is 0 Å². The van der Waals surface area contributed by atoms with Gasteiger partial charge in [-0.05, 0) is 35.7 Å². The topological polar surface area (TPSA) is 90.7 Å². The van der Waals surface area contributed by atoms with Crippen molar-refractivity contribution in [3.63, 3.8) is 0 Å². The Bertz CT molecular complexity index is 744. The van der Waals surface area contributed by atoms with E-state index in [4.69, 9.17) is 9.47 Å². The van der Waals surface area contributed by atoms with Crippen LogP contribution in [0.4, 0.5) is 5.69 Å². The van der Waals surface area contributed by atoms with Crippen molar-refractivity contribution >= 4 is 11.6 Å². The van der Waals surface area contributed by atoms with Gasteiger partial charge in [0.15, 0.2) is 0 Å². The van der Waals surface area contributed by atoms with Gasteiger partial charge >= 0.3 is 0 Å². The number of nitro benzene ring substituents is 1. The molecular formula is C18H20N2O5. The van der Waals surface area contributed by atoms with Crippen molar-refractivity contribution in [2.75, 3.05) is 20.8 Å². The van der Waals surface area contributed by atoms with Crippen molar-refractivity contribution < 1.29 is 19.2 Å². The van der Waals surface area contributed by atoms with Crippen molar-refractivity contribution in [1.29, 1.82) is 0 Å². The number of benzene rings is 2. The maximum atomic E-state index is 12.0. The zero-order valence-corrected chi connectivity index (χ0v) is 14.2. The summed E-state index contributed by atoms with van der Waals surface area (Å²) < 4.78 is 10.5. The van der Waals surface area contributed by atoms with Gasteiger partial charge in [0.25, 0.3) is 5.69 Å². The van der Waals surface area contributed by atoms with Gasteiger partial charge in [0.2, 0.25) is 5.91 Å². The first kappa shape index (κ1) is 18.3. The van der Waals surface area contributed by atoms with Gasteiger partial charge in [-0.25, -0.2) is 0 Å². The predicted octanol–water partition coefficient (Wildman–Crippen LogP) is 2.51. The lowest BCUT2D eigenvalue weighted by Crippen LogP contribution is -2.27. The van der Waals surface area contributed by atoms with E-state index in [1.807, 2.05) is 18.2 Å². The average Bonchev–Trinajstić information content (AvgIpc) is 2.62. The fraction of sp³-hybridized carbons (Fsp3) is 0.278. The minimum atomic E-state index is -0.467. The molecule has 0 aromatic heterocycles. The molecule has 25 heavy (non-hydrogen) atoms. The number of methoxy groups -OCH3 is 2. The number of carbonyl (C=O) groups is 1. The van der Waals surface area contributed by atoms with Gasteiger partial charge in [-0.2, -0.15) is 0 Å². The summed E-state index contributed by atoms with van der Waals surface area (Å²) in [6, 6.07) is 11.5. The Morgan fingerprint density at radius 1 is 1.12 bits per heavy atom. The lowest BCUT2D eigenvalue weighted by Gasteiger charge is -2.11. The van der Waals surface area contributed by atoms with E-state index in [1.54, 1.807) is 26.4 Å². The summed E-state index contributed by atoms with van der Waals surface area (Å²) in [7, 11) is 3.19. The largest absolute Gasteiger partial charge is 0.497 e. The van der Waals surface area contributed by atoms with E-state index in [2.05, 4.69) is 5.32 Å². The van der Waals surface area contributed by atoms with Gasteiger partial charge in [-0.15, -0.1) is 0 Å². The molecule has 2 aromatic carbocycles. The maximum absolute atomic E-state index is 12.0. The third-order valence-corrected chi connectivity index (χ3v) is 3.72. The summed E-state index contributed by atoms with van der Waals surface area (Å²) in [5.74, 6) is 1.33. The van der Waals surface area contributed by atoms with Crippen LogP contribution in [0, 0.1) is 10.1 Å². The Morgan fingerprint density at radius 3 is 2.44 bits per heavy atom. The number of nitrogens with one attached hydrogen (secondary N) is 1. The highest BCUT2D eigenvalue weighted by Crippen LogP contribution is 2.24. The van der Waals surface area contributed by atoms with Gasteiger partial charge in [-0.3, -0.25) is 14.9 Å². The van der Waals surface area contributed by atoms with Crippen LogP contribution in [0.2, 0.25) is 0 Å². The molecule has 0 fully saturated rings. The molecule has 2 aromatic rings. The van der Waals surface area contributed by atoms with E-state index in [0.29, 0.717) is 13.0 Å². The molecule has 1 N–H and O–H groups in total. The summed E-state index contributed by atoms with van der Waals surface area (Å²) in [5.41, 5.74) is 1.67. The Morgan fingerprint density at radius 2 is 1.84 bits per heavy atom. The molecule has 0 atom stereocenters. The first-order chi connectivity index (χ1) is 12.0. The number of amides is 1. The molecule has 1 amide bonds. The zero-order chi connectivity index (χ0) is 18.2. The monoisotopic (exact) mass is 344 g/mol. The van der Waals surface area contributed by atoms with Crippen LogP contribution < -0.4 is 14.8 Å². The predicted molar refractivity (Wildman–Crippen MR) is 93.1 cm³/mol. The Balaban J connectivity index is 1.87. The first-order valence-electron chi connectivity index (χ1n) is 7.74. The second-order valence-electron chi connectivity index (χ2n) is 5.38. The number of nitrogens with zero attached hydrogens (tertiary/aromatic N) is 1. The fourth-order valence-corrected chi connectivity index (χ4v) is 2.40. The normalized spacial score (nSPS) is 10.2. The number of hydrogen-bond donors (Lipinski definition) is 1. The van der Waals surface area contributed by atoms with Crippen LogP contribution in [0.1, 0.15) is 11.1 Å². The van der Waals surface area contributed by atoms with Crippen molar-refractivity contribution in [2.24, 2.45) is 0 Å². The van der Waals surface area contributed by atoms with E-state index in [9.17, 15) is 14.9 Å². The van der Waals surface area contributed by atoms with Gasteiger partial charge in [0.1, 0.15) is 11.5 Å². The third kappa shape index (κ3) is 5.20. The van der Waals surface area contributed by atoms with Crippen molar-refractivity contribution in [3.8, 4) is 11.5 Å². The number of non-ortho nitro benzene ring substituents is 1. The summed E-state index contributed by atoms with van der Waals surface area (Å²) >= 11 is 0. The maximum Gasteiger partial charge on any atom is 0.269 e. The molecule has 7 heteroatoms. The number of hydrogen-bond acceptors (Lipinski definition) is 5. The molecule has 0 unspecified atom stereocenters. The summed E-state index contributed by atoms with van der Waals surface area (Å²) in [5, 5.41) is 13.5. The first-order valence-corrected chi connectivity index (χ1v) is 7.74. The van der Waals surface area contributed by atoms with Gasteiger partial charge < -0.3 is 14.8 Å². The van der Waals surface area contributed by atoms with E-state index >= 15 is 0 Å². The Kier molecular flexibility index (Phi) is 6.33.